The third-order valence-corrected chi connectivity index (χ3v) is 5.39. The molecule has 2 aromatic rings. The van der Waals surface area contributed by atoms with E-state index in [4.69, 9.17) is 4.74 Å². The molecule has 1 aromatic carbocycles. The first-order valence-electron chi connectivity index (χ1n) is 7.94. The minimum Gasteiger partial charge on any atom is -0.389 e. The average Bonchev–Trinajstić information content (AvgIpc) is 2.57. The van der Waals surface area contributed by atoms with Crippen molar-refractivity contribution >= 4 is 38.6 Å². The molecule has 4 rings (SSSR count). The molecule has 24 heavy (non-hydrogen) atoms. The maximum absolute atomic E-state index is 13.0. The summed E-state index contributed by atoms with van der Waals surface area (Å²) in [6.45, 7) is 1.56. The summed E-state index contributed by atoms with van der Waals surface area (Å²) in [7, 11) is 1.99. The van der Waals surface area contributed by atoms with Gasteiger partial charge in [-0.2, -0.15) is 0 Å². The topological polar surface area (TPSA) is 67.6 Å². The van der Waals surface area contributed by atoms with Crippen LogP contribution in [0.1, 0.15) is 18.0 Å². The maximum atomic E-state index is 13.0. The Balaban J connectivity index is 1.94. The minimum absolute atomic E-state index is 0.127. The van der Waals surface area contributed by atoms with Crippen LogP contribution in [0.2, 0.25) is 0 Å². The van der Waals surface area contributed by atoms with Crippen LogP contribution in [0.4, 0.5) is 5.69 Å². The second-order valence-corrected chi connectivity index (χ2v) is 7.11. The summed E-state index contributed by atoms with van der Waals surface area (Å²) in [6.07, 6.45) is 5.60. The van der Waals surface area contributed by atoms with Crippen molar-refractivity contribution in [1.82, 2.24) is 9.55 Å². The Hall–Kier alpha value is -1.70. The fourth-order valence-corrected chi connectivity index (χ4v) is 4.03. The number of rotatable bonds is 1. The summed E-state index contributed by atoms with van der Waals surface area (Å²) in [6, 6.07) is 1.53. The van der Waals surface area contributed by atoms with E-state index in [2.05, 4.69) is 31.9 Å². The lowest BCUT2D eigenvalue weighted by Gasteiger charge is -2.30. The molecular formula is C17H18BrN3O3. The number of likely N-dealkylation sites (N-methyl/N-ethyl adjacent to an activating group) is 1. The van der Waals surface area contributed by atoms with Crippen LogP contribution in [-0.4, -0.2) is 47.6 Å². The van der Waals surface area contributed by atoms with Crippen molar-refractivity contribution in [3.8, 4) is 0 Å². The highest BCUT2D eigenvalue weighted by Crippen LogP contribution is 2.36. The second-order valence-electron chi connectivity index (χ2n) is 6.26. The highest BCUT2D eigenvalue weighted by atomic mass is 79.9. The van der Waals surface area contributed by atoms with E-state index in [0.29, 0.717) is 23.9 Å². The SMILES string of the molecule is CN1CC=Cc2c(Br)cc3c(=O)n([C@H]4CCOC[C@@H]4O)cnc3c21. The molecule has 1 N–H and O–H groups in total. The third kappa shape index (κ3) is 2.39. The van der Waals surface area contributed by atoms with Crippen LogP contribution in [0.25, 0.3) is 17.0 Å². The Morgan fingerprint density at radius 1 is 1.46 bits per heavy atom. The predicted octanol–water partition coefficient (Wildman–Crippen LogP) is 1.94. The molecular weight excluding hydrogens is 374 g/mol. The molecule has 0 spiro atoms. The number of halogens is 1. The number of aliphatic hydroxyl groups excluding tert-OH is 1. The molecule has 0 bridgehead atoms. The summed E-state index contributed by atoms with van der Waals surface area (Å²) < 4.78 is 7.68. The van der Waals surface area contributed by atoms with Crippen molar-refractivity contribution in [2.24, 2.45) is 0 Å². The van der Waals surface area contributed by atoms with Gasteiger partial charge in [0.25, 0.3) is 5.56 Å². The fraction of sp³-hybridized carbons (Fsp3) is 0.412. The first-order valence-corrected chi connectivity index (χ1v) is 8.74. The van der Waals surface area contributed by atoms with E-state index in [1.807, 2.05) is 19.2 Å². The molecule has 6 nitrogen and oxygen atoms in total. The molecule has 1 aromatic heterocycles. The number of ether oxygens (including phenoxy) is 1. The van der Waals surface area contributed by atoms with Crippen molar-refractivity contribution in [2.45, 2.75) is 18.6 Å². The highest BCUT2D eigenvalue weighted by Gasteiger charge is 2.27. The van der Waals surface area contributed by atoms with Gasteiger partial charge in [0.2, 0.25) is 0 Å². The van der Waals surface area contributed by atoms with Crippen molar-refractivity contribution in [3.63, 3.8) is 0 Å². The zero-order chi connectivity index (χ0) is 16.8. The van der Waals surface area contributed by atoms with Gasteiger partial charge in [-0.25, -0.2) is 4.98 Å². The molecule has 0 saturated carbocycles. The summed E-state index contributed by atoms with van der Waals surface area (Å²) in [4.78, 5) is 19.7. The number of benzene rings is 1. The Bertz CT molecular complexity index is 893. The molecule has 0 unspecified atom stereocenters. The minimum atomic E-state index is -0.692. The molecule has 0 aliphatic carbocycles. The van der Waals surface area contributed by atoms with E-state index >= 15 is 0 Å². The summed E-state index contributed by atoms with van der Waals surface area (Å²) in [5, 5.41) is 10.7. The lowest BCUT2D eigenvalue weighted by Crippen LogP contribution is -2.39. The number of fused-ring (bicyclic) bond motifs is 3. The number of hydrogen-bond acceptors (Lipinski definition) is 5. The Labute approximate surface area is 147 Å². The van der Waals surface area contributed by atoms with E-state index in [1.165, 1.54) is 0 Å². The van der Waals surface area contributed by atoms with Crippen molar-refractivity contribution < 1.29 is 9.84 Å². The molecule has 2 aliphatic heterocycles. The molecule has 0 radical (unpaired) electrons. The molecule has 1 saturated heterocycles. The third-order valence-electron chi connectivity index (χ3n) is 4.73. The fourth-order valence-electron chi connectivity index (χ4n) is 3.48. The number of nitrogens with zero attached hydrogens (tertiary/aromatic N) is 3. The Morgan fingerprint density at radius 2 is 2.29 bits per heavy atom. The van der Waals surface area contributed by atoms with E-state index in [0.717, 1.165) is 22.3 Å². The van der Waals surface area contributed by atoms with Crippen LogP contribution < -0.4 is 10.5 Å². The van der Waals surface area contributed by atoms with Crippen LogP contribution in [0.15, 0.2) is 27.7 Å². The van der Waals surface area contributed by atoms with Crippen LogP contribution in [-0.2, 0) is 4.74 Å². The largest absolute Gasteiger partial charge is 0.389 e. The standard InChI is InChI=1S/C17H18BrN3O3/c1-20-5-2-3-10-12(18)7-11-15(16(10)20)19-9-21(17(11)23)13-4-6-24-8-14(13)22/h2-3,7,9,13-14,22H,4-6,8H2,1H3/t13-,14-/m0/s1. The van der Waals surface area contributed by atoms with Crippen molar-refractivity contribution in [3.05, 3.63) is 38.9 Å². The zero-order valence-electron chi connectivity index (χ0n) is 13.3. The highest BCUT2D eigenvalue weighted by molar-refractivity contribution is 9.10. The normalized spacial score (nSPS) is 23.5. The first kappa shape index (κ1) is 15.8. The van der Waals surface area contributed by atoms with Gasteiger partial charge < -0.3 is 14.7 Å². The van der Waals surface area contributed by atoms with Gasteiger partial charge in [-0.15, -0.1) is 0 Å². The van der Waals surface area contributed by atoms with E-state index in [-0.39, 0.29) is 18.2 Å². The maximum Gasteiger partial charge on any atom is 0.261 e. The van der Waals surface area contributed by atoms with Gasteiger partial charge in [-0.1, -0.05) is 28.1 Å². The molecule has 7 heteroatoms. The van der Waals surface area contributed by atoms with E-state index < -0.39 is 6.10 Å². The lowest BCUT2D eigenvalue weighted by molar-refractivity contribution is -0.0395. The molecule has 126 valence electrons. The van der Waals surface area contributed by atoms with E-state index in [9.17, 15) is 9.90 Å². The van der Waals surface area contributed by atoms with Crippen LogP contribution in [0, 0.1) is 0 Å². The first-order chi connectivity index (χ1) is 11.6. The summed E-state index contributed by atoms with van der Waals surface area (Å²) in [5.74, 6) is 0. The smallest absolute Gasteiger partial charge is 0.261 e. The quantitative estimate of drug-likeness (QED) is 0.804. The second kappa shape index (κ2) is 5.98. The van der Waals surface area contributed by atoms with Gasteiger partial charge >= 0.3 is 0 Å². The molecule has 2 aliphatic rings. The van der Waals surface area contributed by atoms with Gasteiger partial charge in [-0.3, -0.25) is 9.36 Å². The Morgan fingerprint density at radius 3 is 3.08 bits per heavy atom. The summed E-state index contributed by atoms with van der Waals surface area (Å²) in [5.41, 5.74) is 2.56. The average molecular weight is 392 g/mol. The number of anilines is 1. The van der Waals surface area contributed by atoms with Gasteiger partial charge in [0.1, 0.15) is 5.52 Å². The van der Waals surface area contributed by atoms with Gasteiger partial charge in [0.05, 0.1) is 36.2 Å². The summed E-state index contributed by atoms with van der Waals surface area (Å²) >= 11 is 3.57. The molecule has 3 heterocycles. The van der Waals surface area contributed by atoms with Gasteiger partial charge in [0.15, 0.2) is 0 Å². The molecule has 0 amide bonds. The van der Waals surface area contributed by atoms with Crippen LogP contribution >= 0.6 is 15.9 Å². The van der Waals surface area contributed by atoms with Crippen LogP contribution in [0.3, 0.4) is 0 Å². The molecule has 1 fully saturated rings. The van der Waals surface area contributed by atoms with E-state index in [1.54, 1.807) is 10.9 Å². The monoisotopic (exact) mass is 391 g/mol. The number of hydrogen-bond donors (Lipinski definition) is 1. The van der Waals surface area contributed by atoms with Gasteiger partial charge in [-0.05, 0) is 12.5 Å². The van der Waals surface area contributed by atoms with Crippen molar-refractivity contribution in [2.75, 3.05) is 31.7 Å². The Kier molecular flexibility index (Phi) is 3.94. The number of aliphatic hydroxyl groups is 1. The lowest BCUT2D eigenvalue weighted by atomic mass is 10.0. The van der Waals surface area contributed by atoms with Crippen LogP contribution in [0.5, 0.6) is 0 Å². The molecule has 2 atom stereocenters. The predicted molar refractivity (Wildman–Crippen MR) is 96.5 cm³/mol. The van der Waals surface area contributed by atoms with Gasteiger partial charge in [0, 0.05) is 30.2 Å². The van der Waals surface area contributed by atoms with Crippen molar-refractivity contribution in [1.29, 1.82) is 0 Å². The zero-order valence-corrected chi connectivity index (χ0v) is 14.9. The number of aromatic nitrogens is 2.